The average Bonchev–Trinajstić information content (AvgIpc) is 2.43. The van der Waals surface area contributed by atoms with Crippen LogP contribution in [0.4, 0.5) is 4.79 Å². The number of alkyl carbamates (subject to hydrolysis) is 1. The van der Waals surface area contributed by atoms with E-state index < -0.39 is 11.7 Å². The molecule has 0 aliphatic heterocycles. The summed E-state index contributed by atoms with van der Waals surface area (Å²) in [6, 6.07) is 7.40. The second kappa shape index (κ2) is 9.40. The number of aryl methyl sites for hydroxylation is 1. The first kappa shape index (κ1) is 19.3. The Bertz CT molecular complexity index is 526. The fraction of sp³-hybridized carbons (Fsp3) is 0.529. The highest BCUT2D eigenvalue weighted by molar-refractivity contribution is 6.30. The van der Waals surface area contributed by atoms with Crippen LogP contribution in [0.2, 0.25) is 5.02 Å². The van der Waals surface area contributed by atoms with Crippen molar-refractivity contribution in [2.45, 2.75) is 45.6 Å². The van der Waals surface area contributed by atoms with E-state index >= 15 is 0 Å². The standard InChI is InChI=1S/C17H24ClNO4/c1-17(2,3)23-16(21)19-10-5-11-22-15(20)9-8-13-6-4-7-14(18)12-13/h4,6-7,12H,5,8-11H2,1-3H3,(H,19,21). The molecule has 1 rings (SSSR count). The Balaban J connectivity index is 2.09. The highest BCUT2D eigenvalue weighted by Crippen LogP contribution is 2.12. The lowest BCUT2D eigenvalue weighted by atomic mass is 10.1. The summed E-state index contributed by atoms with van der Waals surface area (Å²) < 4.78 is 10.2. The number of carbonyl (C=O) groups excluding carboxylic acids is 2. The van der Waals surface area contributed by atoms with Gasteiger partial charge in [0, 0.05) is 18.0 Å². The second-order valence-electron chi connectivity index (χ2n) is 6.13. The second-order valence-corrected chi connectivity index (χ2v) is 6.57. The topological polar surface area (TPSA) is 64.6 Å². The number of nitrogens with one attached hydrogen (secondary N) is 1. The minimum absolute atomic E-state index is 0.262. The van der Waals surface area contributed by atoms with Gasteiger partial charge < -0.3 is 14.8 Å². The van der Waals surface area contributed by atoms with Crippen molar-refractivity contribution in [1.29, 1.82) is 0 Å². The first-order valence-electron chi connectivity index (χ1n) is 7.63. The average molecular weight is 342 g/mol. The van der Waals surface area contributed by atoms with E-state index in [0.29, 0.717) is 30.8 Å². The lowest BCUT2D eigenvalue weighted by Gasteiger charge is -2.19. The molecule has 0 atom stereocenters. The summed E-state index contributed by atoms with van der Waals surface area (Å²) >= 11 is 5.88. The van der Waals surface area contributed by atoms with Crippen molar-refractivity contribution in [3.63, 3.8) is 0 Å². The monoisotopic (exact) mass is 341 g/mol. The molecule has 0 heterocycles. The molecule has 0 bridgehead atoms. The van der Waals surface area contributed by atoms with E-state index in [4.69, 9.17) is 21.1 Å². The molecule has 1 aromatic carbocycles. The SMILES string of the molecule is CC(C)(C)OC(=O)NCCCOC(=O)CCc1cccc(Cl)c1. The summed E-state index contributed by atoms with van der Waals surface area (Å²) in [6.45, 7) is 6.07. The number of halogens is 1. The zero-order valence-electron chi connectivity index (χ0n) is 13.9. The van der Waals surface area contributed by atoms with Crippen molar-refractivity contribution in [3.05, 3.63) is 34.9 Å². The lowest BCUT2D eigenvalue weighted by molar-refractivity contribution is -0.143. The zero-order chi connectivity index (χ0) is 17.3. The maximum absolute atomic E-state index is 11.6. The van der Waals surface area contributed by atoms with Gasteiger partial charge in [-0.2, -0.15) is 0 Å². The third-order valence-corrected chi connectivity index (χ3v) is 2.99. The van der Waals surface area contributed by atoms with Gasteiger partial charge in [0.25, 0.3) is 0 Å². The van der Waals surface area contributed by atoms with Crippen LogP contribution in [0.3, 0.4) is 0 Å². The van der Waals surface area contributed by atoms with Crippen LogP contribution in [-0.2, 0) is 20.7 Å². The molecular formula is C17H24ClNO4. The fourth-order valence-corrected chi connectivity index (χ4v) is 1.99. The molecule has 0 saturated heterocycles. The van der Waals surface area contributed by atoms with Gasteiger partial charge in [-0.1, -0.05) is 23.7 Å². The fourth-order valence-electron chi connectivity index (χ4n) is 1.77. The molecule has 0 aromatic heterocycles. The molecule has 0 radical (unpaired) electrons. The summed E-state index contributed by atoms with van der Waals surface area (Å²) in [6.07, 6.45) is 0.974. The van der Waals surface area contributed by atoms with Crippen LogP contribution in [0.5, 0.6) is 0 Å². The molecule has 0 spiro atoms. The normalized spacial score (nSPS) is 11.0. The van der Waals surface area contributed by atoms with Gasteiger partial charge in [-0.05, 0) is 51.3 Å². The number of carbonyl (C=O) groups is 2. The van der Waals surface area contributed by atoms with Crippen LogP contribution < -0.4 is 5.32 Å². The molecule has 128 valence electrons. The first-order chi connectivity index (χ1) is 10.8. The molecule has 23 heavy (non-hydrogen) atoms. The summed E-state index contributed by atoms with van der Waals surface area (Å²) in [7, 11) is 0. The quantitative estimate of drug-likeness (QED) is 0.606. The number of hydrogen-bond donors (Lipinski definition) is 1. The van der Waals surface area contributed by atoms with E-state index in [-0.39, 0.29) is 12.6 Å². The lowest BCUT2D eigenvalue weighted by Crippen LogP contribution is -2.33. The summed E-state index contributed by atoms with van der Waals surface area (Å²) in [5.74, 6) is -0.262. The molecule has 1 N–H and O–H groups in total. The Morgan fingerprint density at radius 1 is 1.26 bits per heavy atom. The molecule has 0 aliphatic carbocycles. The minimum Gasteiger partial charge on any atom is -0.466 e. The number of ether oxygens (including phenoxy) is 2. The van der Waals surface area contributed by atoms with Crippen molar-refractivity contribution in [2.24, 2.45) is 0 Å². The molecular weight excluding hydrogens is 318 g/mol. The van der Waals surface area contributed by atoms with Crippen molar-refractivity contribution in [1.82, 2.24) is 5.32 Å². The summed E-state index contributed by atoms with van der Waals surface area (Å²) in [4.78, 5) is 23.0. The van der Waals surface area contributed by atoms with E-state index in [9.17, 15) is 9.59 Å². The van der Waals surface area contributed by atoms with Crippen LogP contribution in [0, 0.1) is 0 Å². The van der Waals surface area contributed by atoms with Gasteiger partial charge in [0.05, 0.1) is 6.61 Å². The van der Waals surface area contributed by atoms with Crippen molar-refractivity contribution in [3.8, 4) is 0 Å². The van der Waals surface area contributed by atoms with Gasteiger partial charge in [0.1, 0.15) is 5.60 Å². The van der Waals surface area contributed by atoms with Crippen LogP contribution in [0.25, 0.3) is 0 Å². The van der Waals surface area contributed by atoms with Gasteiger partial charge in [-0.15, -0.1) is 0 Å². The van der Waals surface area contributed by atoms with E-state index in [1.54, 1.807) is 26.8 Å². The Kier molecular flexibility index (Phi) is 7.89. The smallest absolute Gasteiger partial charge is 0.407 e. The highest BCUT2D eigenvalue weighted by atomic mass is 35.5. The van der Waals surface area contributed by atoms with Crippen molar-refractivity contribution < 1.29 is 19.1 Å². The molecule has 0 fully saturated rings. The van der Waals surface area contributed by atoms with E-state index in [2.05, 4.69) is 5.32 Å². The first-order valence-corrected chi connectivity index (χ1v) is 8.01. The maximum atomic E-state index is 11.6. The van der Waals surface area contributed by atoms with Crippen LogP contribution in [-0.4, -0.2) is 30.8 Å². The van der Waals surface area contributed by atoms with Gasteiger partial charge in [-0.3, -0.25) is 4.79 Å². The number of benzene rings is 1. The third-order valence-electron chi connectivity index (χ3n) is 2.76. The van der Waals surface area contributed by atoms with E-state index in [0.717, 1.165) is 5.56 Å². The van der Waals surface area contributed by atoms with Crippen molar-refractivity contribution in [2.75, 3.05) is 13.2 Å². The number of amides is 1. The molecule has 5 nitrogen and oxygen atoms in total. The van der Waals surface area contributed by atoms with Gasteiger partial charge in [-0.25, -0.2) is 4.79 Å². The number of hydrogen-bond acceptors (Lipinski definition) is 4. The third kappa shape index (κ3) is 9.79. The largest absolute Gasteiger partial charge is 0.466 e. The van der Waals surface area contributed by atoms with Crippen LogP contribution in [0.1, 0.15) is 39.2 Å². The molecule has 0 unspecified atom stereocenters. The molecule has 1 aromatic rings. The molecule has 1 amide bonds. The van der Waals surface area contributed by atoms with Gasteiger partial charge in [0.2, 0.25) is 0 Å². The minimum atomic E-state index is -0.517. The van der Waals surface area contributed by atoms with Gasteiger partial charge >= 0.3 is 12.1 Å². The van der Waals surface area contributed by atoms with E-state index in [1.807, 2.05) is 18.2 Å². The Labute approximate surface area is 142 Å². The summed E-state index contributed by atoms with van der Waals surface area (Å²) in [5.41, 5.74) is 0.484. The predicted octanol–water partition coefficient (Wildman–Crippen LogP) is 3.73. The molecule has 0 aliphatic rings. The Morgan fingerprint density at radius 2 is 2.00 bits per heavy atom. The highest BCUT2D eigenvalue weighted by Gasteiger charge is 2.15. The number of rotatable bonds is 7. The molecule has 0 saturated carbocycles. The summed E-state index contributed by atoms with van der Waals surface area (Å²) in [5, 5.41) is 3.27. The Morgan fingerprint density at radius 3 is 2.65 bits per heavy atom. The van der Waals surface area contributed by atoms with Gasteiger partial charge in [0.15, 0.2) is 0 Å². The maximum Gasteiger partial charge on any atom is 0.407 e. The predicted molar refractivity (Wildman–Crippen MR) is 89.6 cm³/mol. The number of esters is 1. The van der Waals surface area contributed by atoms with E-state index in [1.165, 1.54) is 0 Å². The zero-order valence-corrected chi connectivity index (χ0v) is 14.6. The van der Waals surface area contributed by atoms with Crippen molar-refractivity contribution >= 4 is 23.7 Å². The van der Waals surface area contributed by atoms with Crippen LogP contribution >= 0.6 is 11.6 Å². The molecule has 6 heteroatoms. The van der Waals surface area contributed by atoms with Crippen LogP contribution in [0.15, 0.2) is 24.3 Å². The Hall–Kier alpha value is -1.75.